The minimum atomic E-state index is -3.01. The average molecular weight is 687 g/mol. The Morgan fingerprint density at radius 3 is 1.60 bits per heavy atom. The minimum absolute atomic E-state index is 0.0674. The van der Waals surface area contributed by atoms with Crippen molar-refractivity contribution in [3.63, 3.8) is 0 Å². The van der Waals surface area contributed by atoms with Crippen molar-refractivity contribution in [1.82, 2.24) is 0 Å². The zero-order valence-corrected chi connectivity index (χ0v) is 31.4. The van der Waals surface area contributed by atoms with Crippen molar-refractivity contribution in [3.05, 3.63) is 147 Å². The predicted octanol–water partition coefficient (Wildman–Crippen LogP) is 8.76. The van der Waals surface area contributed by atoms with E-state index in [-0.39, 0.29) is 23.0 Å². The van der Waals surface area contributed by atoms with Crippen molar-refractivity contribution in [1.29, 1.82) is 0 Å². The molecule has 0 aliphatic carbocycles. The molecule has 0 saturated heterocycles. The summed E-state index contributed by atoms with van der Waals surface area (Å²) in [5, 5.41) is 13.5. The van der Waals surface area contributed by atoms with Gasteiger partial charge in [0.1, 0.15) is 29.4 Å². The van der Waals surface area contributed by atoms with Crippen LogP contribution >= 0.6 is 0 Å². The minimum Gasteiger partial charge on any atom is -0.534 e. The Labute approximate surface area is 296 Å². The molecule has 0 aliphatic rings. The molecule has 0 saturated carbocycles. The fraction of sp³-hybridized carbons (Fsp3) is 0.256. The molecule has 258 valence electrons. The van der Waals surface area contributed by atoms with Crippen LogP contribution in [0.1, 0.15) is 80.4 Å². The lowest BCUT2D eigenvalue weighted by Crippen LogP contribution is -2.68. The Balaban J connectivity index is 1.50. The summed E-state index contributed by atoms with van der Waals surface area (Å²) in [6.07, 6.45) is 0. The predicted molar refractivity (Wildman–Crippen MR) is 202 cm³/mol. The maximum atomic E-state index is 13.9. The molecule has 0 aliphatic heterocycles. The van der Waals surface area contributed by atoms with Crippen molar-refractivity contribution in [2.45, 2.75) is 74.0 Å². The van der Waals surface area contributed by atoms with E-state index in [0.717, 1.165) is 15.9 Å². The molecule has 0 amide bonds. The number of carbonyl (C=O) groups excluding carboxylic acids is 2. The number of aromatic hydroxyl groups is 1. The second kappa shape index (κ2) is 14.4. The third-order valence-corrected chi connectivity index (χ3v) is 14.7. The van der Waals surface area contributed by atoms with E-state index in [2.05, 4.69) is 45.0 Å². The monoisotopic (exact) mass is 686 g/mol. The summed E-state index contributed by atoms with van der Waals surface area (Å²) in [6, 6.07) is 31.9. The third kappa shape index (κ3) is 6.70. The number of phenols is 1. The second-order valence-corrected chi connectivity index (χ2v) is 18.2. The zero-order chi connectivity index (χ0) is 36.4. The fourth-order valence-corrected chi connectivity index (χ4v) is 11.2. The van der Waals surface area contributed by atoms with Gasteiger partial charge in [-0.15, -0.1) is 0 Å². The van der Waals surface area contributed by atoms with Crippen molar-refractivity contribution >= 4 is 30.6 Å². The van der Waals surface area contributed by atoms with Crippen LogP contribution in [-0.4, -0.2) is 25.4 Å². The molecule has 5 rings (SSSR count). The van der Waals surface area contributed by atoms with E-state index in [1.165, 1.54) is 0 Å². The van der Waals surface area contributed by atoms with Crippen molar-refractivity contribution in [2.24, 2.45) is 0 Å². The molecule has 5 aromatic carbocycles. The van der Waals surface area contributed by atoms with Gasteiger partial charge in [0, 0.05) is 5.56 Å². The standard InChI is InChI=1S/C43H46O6Si/c1-27-25-36(49-50(43(7,8)9,34-21-15-11-16-22-34)35-23-17-12-18-24-35)32(6)39(44)37(27)42(46)48-40-30(4)28(2)38(29(3)31(40)5)41(45)47-26-33-19-13-10-14-20-33/h10-25,44H,26H2,1-9H3. The van der Waals surface area contributed by atoms with Crippen LogP contribution in [-0.2, 0) is 11.3 Å². The molecule has 50 heavy (non-hydrogen) atoms. The molecule has 0 radical (unpaired) electrons. The van der Waals surface area contributed by atoms with E-state index < -0.39 is 20.3 Å². The van der Waals surface area contributed by atoms with E-state index in [0.29, 0.717) is 50.4 Å². The van der Waals surface area contributed by atoms with Crippen LogP contribution in [0, 0.1) is 41.5 Å². The molecule has 7 heteroatoms. The lowest BCUT2D eigenvalue weighted by molar-refractivity contribution is 0.0470. The molecule has 0 atom stereocenters. The summed E-state index contributed by atoms with van der Waals surface area (Å²) in [5.74, 6) is -0.442. The van der Waals surface area contributed by atoms with Gasteiger partial charge >= 0.3 is 20.3 Å². The summed E-state index contributed by atoms with van der Waals surface area (Å²) >= 11 is 0. The molecule has 0 heterocycles. The topological polar surface area (TPSA) is 82.1 Å². The van der Waals surface area contributed by atoms with Crippen molar-refractivity contribution in [3.8, 4) is 17.2 Å². The smallest absolute Gasteiger partial charge is 0.347 e. The highest BCUT2D eigenvalue weighted by atomic mass is 28.4. The quantitative estimate of drug-likeness (QED) is 0.0949. The third-order valence-electron chi connectivity index (χ3n) is 9.76. The van der Waals surface area contributed by atoms with E-state index in [1.807, 2.05) is 100 Å². The van der Waals surface area contributed by atoms with Gasteiger partial charge in [0.2, 0.25) is 0 Å². The molecule has 5 aromatic rings. The number of rotatable bonds is 9. The first-order chi connectivity index (χ1) is 23.7. The summed E-state index contributed by atoms with van der Waals surface area (Å²) in [5.41, 5.74) is 5.02. The highest BCUT2D eigenvalue weighted by molar-refractivity contribution is 7.00. The molecule has 6 nitrogen and oxygen atoms in total. The largest absolute Gasteiger partial charge is 0.534 e. The molecule has 0 bridgehead atoms. The normalized spacial score (nSPS) is 11.6. The van der Waals surface area contributed by atoms with Gasteiger partial charge in [-0.25, -0.2) is 9.59 Å². The van der Waals surface area contributed by atoms with Gasteiger partial charge in [-0.1, -0.05) is 112 Å². The van der Waals surface area contributed by atoms with Gasteiger partial charge in [-0.05, 0) is 96.4 Å². The maximum absolute atomic E-state index is 13.9. The van der Waals surface area contributed by atoms with Crippen molar-refractivity contribution in [2.75, 3.05) is 0 Å². The first kappa shape index (κ1) is 36.1. The number of esters is 2. The first-order valence-electron chi connectivity index (χ1n) is 16.9. The van der Waals surface area contributed by atoms with Gasteiger partial charge in [-0.2, -0.15) is 0 Å². The number of ether oxygens (including phenoxy) is 2. The Kier molecular flexibility index (Phi) is 10.4. The van der Waals surface area contributed by atoms with Gasteiger partial charge < -0.3 is 19.0 Å². The fourth-order valence-electron chi connectivity index (χ4n) is 6.72. The Hall–Kier alpha value is -5.14. The Morgan fingerprint density at radius 2 is 1.12 bits per heavy atom. The molecular formula is C43H46O6Si. The van der Waals surface area contributed by atoms with Gasteiger partial charge in [0.15, 0.2) is 0 Å². The number of phenolic OH excluding ortho intramolecular Hbond substituents is 1. The van der Waals surface area contributed by atoms with E-state index in [1.54, 1.807) is 13.8 Å². The maximum Gasteiger partial charge on any atom is 0.347 e. The number of carbonyl (C=O) groups is 2. The van der Waals surface area contributed by atoms with Gasteiger partial charge in [-0.3, -0.25) is 0 Å². The average Bonchev–Trinajstić information content (AvgIpc) is 3.10. The van der Waals surface area contributed by atoms with Crippen LogP contribution in [0.2, 0.25) is 5.04 Å². The number of hydrogen-bond donors (Lipinski definition) is 1. The molecule has 0 aromatic heterocycles. The van der Waals surface area contributed by atoms with Crippen LogP contribution in [0.5, 0.6) is 17.2 Å². The van der Waals surface area contributed by atoms with Gasteiger partial charge in [0.25, 0.3) is 0 Å². The lowest BCUT2D eigenvalue weighted by Gasteiger charge is -2.43. The second-order valence-electron chi connectivity index (χ2n) is 14.0. The van der Waals surface area contributed by atoms with Crippen LogP contribution in [0.15, 0.2) is 97.1 Å². The highest BCUT2D eigenvalue weighted by Crippen LogP contribution is 2.42. The van der Waals surface area contributed by atoms with Crippen LogP contribution in [0.3, 0.4) is 0 Å². The highest BCUT2D eigenvalue weighted by Gasteiger charge is 2.52. The van der Waals surface area contributed by atoms with E-state index >= 15 is 0 Å². The number of aryl methyl sites for hydroxylation is 1. The first-order valence-corrected chi connectivity index (χ1v) is 18.8. The Morgan fingerprint density at radius 1 is 0.640 bits per heavy atom. The summed E-state index contributed by atoms with van der Waals surface area (Å²) < 4.78 is 18.9. The van der Waals surface area contributed by atoms with E-state index in [4.69, 9.17) is 13.9 Å². The lowest BCUT2D eigenvalue weighted by atomic mass is 9.93. The SMILES string of the molecule is Cc1cc(O[Si](c2ccccc2)(c2ccccc2)C(C)(C)C)c(C)c(O)c1C(=O)Oc1c(C)c(C)c(C(=O)OCc2ccccc2)c(C)c1C. The van der Waals surface area contributed by atoms with Crippen LogP contribution in [0.25, 0.3) is 0 Å². The summed E-state index contributed by atoms with van der Waals surface area (Å²) in [4.78, 5) is 27.2. The number of hydrogen-bond acceptors (Lipinski definition) is 6. The summed E-state index contributed by atoms with van der Waals surface area (Å²) in [6.45, 7) is 17.5. The van der Waals surface area contributed by atoms with E-state index in [9.17, 15) is 14.7 Å². The Bertz CT molecular complexity index is 1960. The van der Waals surface area contributed by atoms with Crippen LogP contribution in [0.4, 0.5) is 0 Å². The van der Waals surface area contributed by atoms with Crippen molar-refractivity contribution < 1.29 is 28.6 Å². The molecule has 0 fully saturated rings. The summed E-state index contributed by atoms with van der Waals surface area (Å²) in [7, 11) is -3.01. The molecular weight excluding hydrogens is 641 g/mol. The molecule has 0 unspecified atom stereocenters. The van der Waals surface area contributed by atoms with Crippen LogP contribution < -0.4 is 19.5 Å². The molecule has 0 spiro atoms. The molecule has 1 N–H and O–H groups in total. The zero-order valence-electron chi connectivity index (χ0n) is 30.4. The number of benzene rings is 5. The van der Waals surface area contributed by atoms with Gasteiger partial charge in [0.05, 0.1) is 5.56 Å².